The molecule has 0 saturated heterocycles. The second-order valence-corrected chi connectivity index (χ2v) is 2.00. The van der Waals surface area contributed by atoms with E-state index in [-0.39, 0.29) is 12.4 Å². The molecule has 0 aromatic carbocycles. The predicted octanol–water partition coefficient (Wildman–Crippen LogP) is 2.29. The molecule has 1 heterocycles. The van der Waals surface area contributed by atoms with Crippen LogP contribution in [0, 0.1) is 4.91 Å². The Morgan fingerprint density at radius 1 is 1.67 bits per heavy atom. The monoisotopic (exact) mass is 163 g/mol. The van der Waals surface area contributed by atoms with E-state index in [1.165, 1.54) is 12.3 Å². The van der Waals surface area contributed by atoms with Gasteiger partial charge in [-0.3, -0.25) is 0 Å². The SMILES string of the molecule is [N-]=[N+]=NCc1ccnc(N=O)c1. The first-order valence-electron chi connectivity index (χ1n) is 3.16. The first-order chi connectivity index (χ1) is 5.86. The van der Waals surface area contributed by atoms with Gasteiger partial charge in [0, 0.05) is 11.1 Å². The second-order valence-electron chi connectivity index (χ2n) is 2.00. The van der Waals surface area contributed by atoms with Crippen LogP contribution in [0.25, 0.3) is 10.4 Å². The van der Waals surface area contributed by atoms with Gasteiger partial charge in [0.05, 0.1) is 6.54 Å². The van der Waals surface area contributed by atoms with Crippen molar-refractivity contribution in [2.24, 2.45) is 10.3 Å². The summed E-state index contributed by atoms with van der Waals surface area (Å²) in [6.45, 7) is 0.210. The number of azide groups is 1. The fourth-order valence-electron chi connectivity index (χ4n) is 0.722. The lowest BCUT2D eigenvalue weighted by Crippen LogP contribution is -1.80. The molecule has 6 nitrogen and oxygen atoms in total. The molecule has 0 saturated carbocycles. The highest BCUT2D eigenvalue weighted by atomic mass is 16.3. The quantitative estimate of drug-likeness (QED) is 0.296. The van der Waals surface area contributed by atoms with Crippen molar-refractivity contribution in [3.8, 4) is 0 Å². The van der Waals surface area contributed by atoms with Crippen LogP contribution < -0.4 is 0 Å². The molecule has 1 aromatic heterocycles. The third-order valence-electron chi connectivity index (χ3n) is 1.22. The molecule has 0 N–H and O–H groups in total. The Morgan fingerprint density at radius 3 is 3.17 bits per heavy atom. The molecule has 0 fully saturated rings. The van der Waals surface area contributed by atoms with Crippen LogP contribution in [0.5, 0.6) is 0 Å². The third kappa shape index (κ3) is 2.03. The van der Waals surface area contributed by atoms with E-state index in [0.29, 0.717) is 0 Å². The van der Waals surface area contributed by atoms with Gasteiger partial charge in [-0.15, -0.1) is 4.91 Å². The third-order valence-corrected chi connectivity index (χ3v) is 1.22. The Hall–Kier alpha value is -1.94. The van der Waals surface area contributed by atoms with Crippen LogP contribution in [-0.4, -0.2) is 4.98 Å². The highest BCUT2D eigenvalue weighted by molar-refractivity contribution is 5.30. The van der Waals surface area contributed by atoms with Crippen LogP contribution in [-0.2, 0) is 6.54 Å². The molecule has 1 aromatic rings. The lowest BCUT2D eigenvalue weighted by molar-refractivity contribution is 1.04. The first-order valence-corrected chi connectivity index (χ1v) is 3.16. The number of aromatic nitrogens is 1. The number of nitroso groups, excluding NO2 is 1. The van der Waals surface area contributed by atoms with Crippen LogP contribution in [0.4, 0.5) is 5.82 Å². The van der Waals surface area contributed by atoms with Gasteiger partial charge in [-0.25, -0.2) is 4.98 Å². The van der Waals surface area contributed by atoms with E-state index in [0.717, 1.165) is 5.56 Å². The number of rotatable bonds is 3. The molecular weight excluding hydrogens is 158 g/mol. The molecule has 0 aliphatic heterocycles. The normalized spacial score (nSPS) is 8.67. The number of hydrogen-bond acceptors (Lipinski definition) is 4. The average molecular weight is 163 g/mol. The van der Waals surface area contributed by atoms with Crippen molar-refractivity contribution >= 4 is 5.82 Å². The lowest BCUT2D eigenvalue weighted by atomic mass is 10.3. The van der Waals surface area contributed by atoms with Crippen molar-refractivity contribution in [1.29, 1.82) is 0 Å². The predicted molar refractivity (Wildman–Crippen MR) is 42.5 cm³/mol. The zero-order valence-electron chi connectivity index (χ0n) is 6.08. The molecular formula is C6H5N5O. The van der Waals surface area contributed by atoms with Crippen molar-refractivity contribution in [3.05, 3.63) is 39.2 Å². The summed E-state index contributed by atoms with van der Waals surface area (Å²) in [7, 11) is 0. The Labute approximate surface area is 67.8 Å². The van der Waals surface area contributed by atoms with Crippen LogP contribution in [0.1, 0.15) is 5.56 Å². The molecule has 60 valence electrons. The molecule has 12 heavy (non-hydrogen) atoms. The van der Waals surface area contributed by atoms with Crippen molar-refractivity contribution < 1.29 is 0 Å². The zero-order chi connectivity index (χ0) is 8.81. The molecule has 0 unspecified atom stereocenters. The minimum absolute atomic E-state index is 0.0978. The van der Waals surface area contributed by atoms with E-state index in [4.69, 9.17) is 5.53 Å². The summed E-state index contributed by atoms with van der Waals surface area (Å²) >= 11 is 0. The summed E-state index contributed by atoms with van der Waals surface area (Å²) in [6.07, 6.45) is 1.44. The zero-order valence-corrected chi connectivity index (χ0v) is 6.08. The lowest BCUT2D eigenvalue weighted by Gasteiger charge is -1.93. The second kappa shape index (κ2) is 4.05. The Morgan fingerprint density at radius 2 is 2.50 bits per heavy atom. The summed E-state index contributed by atoms with van der Waals surface area (Å²) in [5.74, 6) is 0.0978. The van der Waals surface area contributed by atoms with E-state index in [1.807, 2.05) is 0 Å². The molecule has 0 aliphatic carbocycles. The van der Waals surface area contributed by atoms with Crippen molar-refractivity contribution in [3.63, 3.8) is 0 Å². The van der Waals surface area contributed by atoms with Gasteiger partial charge < -0.3 is 0 Å². The van der Waals surface area contributed by atoms with Crippen molar-refractivity contribution in [2.75, 3.05) is 0 Å². The number of pyridine rings is 1. The van der Waals surface area contributed by atoms with Crippen LogP contribution in [0.2, 0.25) is 0 Å². The highest BCUT2D eigenvalue weighted by Crippen LogP contribution is 2.09. The molecule has 0 aliphatic rings. The maximum atomic E-state index is 10.0. The first kappa shape index (κ1) is 8.16. The van der Waals surface area contributed by atoms with Crippen LogP contribution >= 0.6 is 0 Å². The molecule has 6 heteroatoms. The summed E-state index contributed by atoms with van der Waals surface area (Å²) in [5.41, 5.74) is 8.73. The van der Waals surface area contributed by atoms with Gasteiger partial charge in [0.15, 0.2) is 5.82 Å². The topological polar surface area (TPSA) is 91.1 Å². The largest absolute Gasteiger partial charge is 0.234 e. The molecule has 0 atom stereocenters. The van der Waals surface area contributed by atoms with E-state index in [1.54, 1.807) is 6.07 Å². The average Bonchev–Trinajstić information content (AvgIpc) is 2.15. The van der Waals surface area contributed by atoms with Crippen LogP contribution in [0.3, 0.4) is 0 Å². The fourth-order valence-corrected chi connectivity index (χ4v) is 0.722. The Balaban J connectivity index is 2.85. The van der Waals surface area contributed by atoms with Gasteiger partial charge in [-0.1, -0.05) is 5.11 Å². The maximum Gasteiger partial charge on any atom is 0.196 e. The van der Waals surface area contributed by atoms with Gasteiger partial charge in [-0.2, -0.15) is 0 Å². The van der Waals surface area contributed by atoms with Gasteiger partial charge in [0.1, 0.15) is 0 Å². The summed E-state index contributed by atoms with van der Waals surface area (Å²) in [5, 5.41) is 5.97. The minimum atomic E-state index is 0.0978. The summed E-state index contributed by atoms with van der Waals surface area (Å²) in [4.78, 5) is 16.3. The number of hydrogen-bond donors (Lipinski definition) is 0. The van der Waals surface area contributed by atoms with E-state index >= 15 is 0 Å². The highest BCUT2D eigenvalue weighted by Gasteiger charge is 1.94. The van der Waals surface area contributed by atoms with E-state index in [9.17, 15) is 4.91 Å². The minimum Gasteiger partial charge on any atom is -0.234 e. The van der Waals surface area contributed by atoms with Crippen molar-refractivity contribution in [1.82, 2.24) is 4.98 Å². The van der Waals surface area contributed by atoms with Gasteiger partial charge in [-0.05, 0) is 28.4 Å². The van der Waals surface area contributed by atoms with E-state index < -0.39 is 0 Å². The number of nitrogens with zero attached hydrogens (tertiary/aromatic N) is 5. The summed E-state index contributed by atoms with van der Waals surface area (Å²) in [6, 6.07) is 3.13. The maximum absolute atomic E-state index is 10.0. The summed E-state index contributed by atoms with van der Waals surface area (Å²) < 4.78 is 0. The fraction of sp³-hybridized carbons (Fsp3) is 0.167. The molecule has 0 spiro atoms. The molecule has 0 amide bonds. The Kier molecular flexibility index (Phi) is 2.75. The van der Waals surface area contributed by atoms with Crippen molar-refractivity contribution in [2.45, 2.75) is 6.54 Å². The van der Waals surface area contributed by atoms with Gasteiger partial charge in [0.2, 0.25) is 0 Å². The molecule has 0 bridgehead atoms. The molecule has 1 rings (SSSR count). The van der Waals surface area contributed by atoms with Gasteiger partial charge >= 0.3 is 0 Å². The van der Waals surface area contributed by atoms with Crippen LogP contribution in [0.15, 0.2) is 28.6 Å². The molecule has 0 radical (unpaired) electrons. The van der Waals surface area contributed by atoms with E-state index in [2.05, 4.69) is 20.2 Å². The van der Waals surface area contributed by atoms with Gasteiger partial charge in [0.25, 0.3) is 0 Å². The standard InChI is InChI=1S/C6H5N5O/c7-11-9-4-5-1-2-8-6(3-5)10-12/h1-3H,4H2. The Bertz CT molecular complexity index is 330. The smallest absolute Gasteiger partial charge is 0.196 e.